The first kappa shape index (κ1) is 28.3. The van der Waals surface area contributed by atoms with Crippen LogP contribution in [0.3, 0.4) is 0 Å². The molecule has 0 spiro atoms. The molecular formula is C25H36N6O5. The lowest BCUT2D eigenvalue weighted by Gasteiger charge is -2.24. The molecule has 0 saturated carbocycles. The number of likely N-dealkylation sites (N-methyl/N-ethyl adjacent to an activating group) is 1. The molecule has 1 aromatic heterocycles. The fourth-order valence-corrected chi connectivity index (χ4v) is 3.11. The van der Waals surface area contributed by atoms with E-state index in [1.54, 1.807) is 39.0 Å². The van der Waals surface area contributed by atoms with Crippen molar-refractivity contribution in [3.8, 4) is 5.75 Å². The van der Waals surface area contributed by atoms with Crippen molar-refractivity contribution in [1.29, 1.82) is 0 Å². The minimum Gasteiger partial charge on any atom is -0.493 e. The number of primary amides is 1. The summed E-state index contributed by atoms with van der Waals surface area (Å²) in [6, 6.07) is 7.18. The number of hydrogen-bond donors (Lipinski definition) is 3. The SMILES string of the molecule is CCc1nc(C(N)=O)c(Nc2cccc(OCCCNC(=O)CN(C)C(=O)OC(C)(C)C)c2)nc1C. The first-order valence-electron chi connectivity index (χ1n) is 11.8. The van der Waals surface area contributed by atoms with Gasteiger partial charge in [-0.2, -0.15) is 0 Å². The maximum atomic E-state index is 12.1. The van der Waals surface area contributed by atoms with Crippen LogP contribution in [-0.4, -0.2) is 65.1 Å². The lowest BCUT2D eigenvalue weighted by atomic mass is 10.2. The third-order valence-corrected chi connectivity index (χ3v) is 4.83. The number of ether oxygens (including phenoxy) is 2. The van der Waals surface area contributed by atoms with Crippen molar-refractivity contribution in [3.63, 3.8) is 0 Å². The van der Waals surface area contributed by atoms with Gasteiger partial charge < -0.3 is 30.7 Å². The molecule has 3 amide bonds. The number of hydrogen-bond acceptors (Lipinski definition) is 8. The van der Waals surface area contributed by atoms with Crippen LogP contribution >= 0.6 is 0 Å². The number of amides is 3. The lowest BCUT2D eigenvalue weighted by molar-refractivity contribution is -0.122. The quantitative estimate of drug-likeness (QED) is 0.399. The Kier molecular flexibility index (Phi) is 10.0. The third kappa shape index (κ3) is 9.05. The number of nitrogens with one attached hydrogen (secondary N) is 2. The van der Waals surface area contributed by atoms with Gasteiger partial charge in [-0.25, -0.2) is 14.8 Å². The Balaban J connectivity index is 1.83. The van der Waals surface area contributed by atoms with Crippen molar-refractivity contribution >= 4 is 29.4 Å². The highest BCUT2D eigenvalue weighted by molar-refractivity contribution is 5.96. The van der Waals surface area contributed by atoms with Crippen LogP contribution in [0.1, 0.15) is 56.0 Å². The zero-order valence-corrected chi connectivity index (χ0v) is 21.8. The van der Waals surface area contributed by atoms with E-state index in [0.29, 0.717) is 37.4 Å². The number of benzene rings is 1. The predicted molar refractivity (Wildman–Crippen MR) is 136 cm³/mol. The van der Waals surface area contributed by atoms with Gasteiger partial charge >= 0.3 is 6.09 Å². The number of carbonyl (C=O) groups is 3. The molecule has 0 fully saturated rings. The smallest absolute Gasteiger partial charge is 0.410 e. The second kappa shape index (κ2) is 12.7. The number of nitrogens with zero attached hydrogens (tertiary/aromatic N) is 3. The standard InChI is InChI=1S/C25H36N6O5/c1-7-19-16(2)28-23(21(30-19)22(26)33)29-17-10-8-11-18(14-17)35-13-9-12-27-20(32)15-31(6)24(34)36-25(3,4)5/h8,10-11,14H,7,9,12-13,15H2,1-6H3,(H2,26,33)(H,27,32)(H,28,29). The molecular weight excluding hydrogens is 464 g/mol. The molecule has 0 unspecified atom stereocenters. The van der Waals surface area contributed by atoms with Crippen LogP contribution < -0.4 is 21.1 Å². The van der Waals surface area contributed by atoms with Crippen LogP contribution in [0.2, 0.25) is 0 Å². The van der Waals surface area contributed by atoms with Gasteiger partial charge in [-0.3, -0.25) is 9.59 Å². The van der Waals surface area contributed by atoms with E-state index in [2.05, 4.69) is 20.6 Å². The Morgan fingerprint density at radius 3 is 2.53 bits per heavy atom. The van der Waals surface area contributed by atoms with E-state index in [1.807, 2.05) is 19.9 Å². The van der Waals surface area contributed by atoms with Crippen LogP contribution in [0.25, 0.3) is 0 Å². The molecule has 0 saturated heterocycles. The number of rotatable bonds is 11. The van der Waals surface area contributed by atoms with Gasteiger partial charge in [0.2, 0.25) is 5.91 Å². The van der Waals surface area contributed by atoms with E-state index < -0.39 is 17.6 Å². The zero-order valence-electron chi connectivity index (χ0n) is 21.8. The second-order valence-electron chi connectivity index (χ2n) is 9.21. The molecule has 4 N–H and O–H groups in total. The summed E-state index contributed by atoms with van der Waals surface area (Å²) >= 11 is 0. The minimum atomic E-state index is -0.661. The molecule has 0 aliphatic heterocycles. The normalized spacial score (nSPS) is 10.9. The van der Waals surface area contributed by atoms with E-state index in [9.17, 15) is 14.4 Å². The fourth-order valence-electron chi connectivity index (χ4n) is 3.11. The van der Waals surface area contributed by atoms with Gasteiger partial charge in [0.05, 0.1) is 18.0 Å². The van der Waals surface area contributed by atoms with Crippen molar-refractivity contribution in [2.75, 3.05) is 32.1 Å². The van der Waals surface area contributed by atoms with Gasteiger partial charge in [-0.1, -0.05) is 13.0 Å². The molecule has 196 valence electrons. The van der Waals surface area contributed by atoms with Crippen LogP contribution in [0.5, 0.6) is 5.75 Å². The molecule has 1 aromatic carbocycles. The average molecular weight is 501 g/mol. The molecule has 2 aromatic rings. The Morgan fingerprint density at radius 1 is 1.17 bits per heavy atom. The van der Waals surface area contributed by atoms with Crippen molar-refractivity contribution < 1.29 is 23.9 Å². The maximum Gasteiger partial charge on any atom is 0.410 e. The number of aryl methyl sites for hydroxylation is 2. The highest BCUT2D eigenvalue weighted by Crippen LogP contribution is 2.23. The Labute approximate surface area is 211 Å². The Hall–Kier alpha value is -3.89. The molecule has 0 atom stereocenters. The van der Waals surface area contributed by atoms with Gasteiger partial charge in [0, 0.05) is 25.3 Å². The van der Waals surface area contributed by atoms with E-state index in [1.165, 1.54) is 11.9 Å². The van der Waals surface area contributed by atoms with E-state index in [0.717, 1.165) is 11.4 Å². The topological polar surface area (TPSA) is 149 Å². The van der Waals surface area contributed by atoms with Crippen LogP contribution in [-0.2, 0) is 16.0 Å². The van der Waals surface area contributed by atoms with Crippen LogP contribution in [0.4, 0.5) is 16.3 Å². The monoisotopic (exact) mass is 500 g/mol. The second-order valence-corrected chi connectivity index (χ2v) is 9.21. The molecule has 0 aliphatic carbocycles. The highest BCUT2D eigenvalue weighted by atomic mass is 16.6. The average Bonchev–Trinajstić information content (AvgIpc) is 2.78. The molecule has 11 nitrogen and oxygen atoms in total. The van der Waals surface area contributed by atoms with Gasteiger partial charge in [0.15, 0.2) is 11.5 Å². The summed E-state index contributed by atoms with van der Waals surface area (Å²) in [5.74, 6) is -0.0587. The van der Waals surface area contributed by atoms with Gasteiger partial charge in [0.25, 0.3) is 5.91 Å². The van der Waals surface area contributed by atoms with E-state index in [4.69, 9.17) is 15.2 Å². The van der Waals surface area contributed by atoms with Gasteiger partial charge in [0.1, 0.15) is 17.9 Å². The number of nitrogens with two attached hydrogens (primary N) is 1. The molecule has 11 heteroatoms. The summed E-state index contributed by atoms with van der Waals surface area (Å²) in [5.41, 5.74) is 7.04. The maximum absolute atomic E-state index is 12.1. The first-order valence-corrected chi connectivity index (χ1v) is 11.8. The van der Waals surface area contributed by atoms with Gasteiger partial charge in [-0.15, -0.1) is 0 Å². The molecule has 36 heavy (non-hydrogen) atoms. The predicted octanol–water partition coefficient (Wildman–Crippen LogP) is 2.94. The Bertz CT molecular complexity index is 1080. The molecule has 1 heterocycles. The number of anilines is 2. The summed E-state index contributed by atoms with van der Waals surface area (Å²) < 4.78 is 11.0. The molecule has 0 bridgehead atoms. The van der Waals surface area contributed by atoms with Crippen molar-refractivity contribution in [1.82, 2.24) is 20.2 Å². The van der Waals surface area contributed by atoms with Crippen LogP contribution in [0.15, 0.2) is 24.3 Å². The zero-order chi connectivity index (χ0) is 26.9. The molecule has 2 rings (SSSR count). The largest absolute Gasteiger partial charge is 0.493 e. The Morgan fingerprint density at radius 2 is 1.89 bits per heavy atom. The van der Waals surface area contributed by atoms with Crippen molar-refractivity contribution in [3.05, 3.63) is 41.3 Å². The first-order chi connectivity index (χ1) is 16.9. The van der Waals surface area contributed by atoms with Crippen molar-refractivity contribution in [2.24, 2.45) is 5.73 Å². The summed E-state index contributed by atoms with van der Waals surface area (Å²) in [7, 11) is 1.51. The third-order valence-electron chi connectivity index (χ3n) is 4.83. The molecule has 0 radical (unpaired) electrons. The summed E-state index contributed by atoms with van der Waals surface area (Å²) in [6.07, 6.45) is 0.651. The summed E-state index contributed by atoms with van der Waals surface area (Å²) in [4.78, 5) is 45.9. The summed E-state index contributed by atoms with van der Waals surface area (Å²) in [5, 5.41) is 5.84. The fraction of sp³-hybridized carbons (Fsp3) is 0.480. The minimum absolute atomic E-state index is 0.0804. The number of carbonyl (C=O) groups excluding carboxylic acids is 3. The van der Waals surface area contributed by atoms with E-state index in [-0.39, 0.29) is 24.0 Å². The van der Waals surface area contributed by atoms with Crippen LogP contribution in [0, 0.1) is 6.92 Å². The van der Waals surface area contributed by atoms with Crippen molar-refractivity contribution in [2.45, 2.75) is 53.1 Å². The lowest BCUT2D eigenvalue weighted by Crippen LogP contribution is -2.41. The number of aromatic nitrogens is 2. The molecule has 0 aliphatic rings. The van der Waals surface area contributed by atoms with Gasteiger partial charge in [-0.05, 0) is 52.7 Å². The van der Waals surface area contributed by atoms with E-state index >= 15 is 0 Å². The summed E-state index contributed by atoms with van der Waals surface area (Å²) in [6.45, 7) is 9.71. The highest BCUT2D eigenvalue weighted by Gasteiger charge is 2.21.